The average molecular weight is 445 g/mol. The molecule has 0 N–H and O–H groups in total. The highest BCUT2D eigenvalue weighted by atomic mass is 16.3. The van der Waals surface area contributed by atoms with Crippen LogP contribution in [0.3, 0.4) is 0 Å². The molecule has 0 saturated carbocycles. The topological polar surface area (TPSA) is 13.1 Å². The Morgan fingerprint density at radius 1 is 0.647 bits per heavy atom. The highest BCUT2D eigenvalue weighted by Crippen LogP contribution is 2.42. The van der Waals surface area contributed by atoms with Gasteiger partial charge in [-0.25, -0.2) is 0 Å². The highest BCUT2D eigenvalue weighted by Gasteiger charge is 2.20. The van der Waals surface area contributed by atoms with Crippen molar-refractivity contribution in [2.24, 2.45) is 0 Å². The monoisotopic (exact) mass is 444 g/mol. The van der Waals surface area contributed by atoms with Crippen molar-refractivity contribution in [1.29, 1.82) is 0 Å². The molecule has 0 saturated heterocycles. The highest BCUT2D eigenvalue weighted by molar-refractivity contribution is 6.10. The number of fused-ring (bicyclic) bond motifs is 6. The maximum Gasteiger partial charge on any atom is 0.143 e. The number of hydrogen-bond donors (Lipinski definition) is 0. The van der Waals surface area contributed by atoms with Crippen molar-refractivity contribution in [3.8, 4) is 22.3 Å². The number of hydrogen-bond acceptors (Lipinski definition) is 1. The first-order valence-electron chi connectivity index (χ1n) is 12.9. The molecule has 0 amide bonds. The van der Waals surface area contributed by atoms with Gasteiger partial charge in [-0.3, -0.25) is 0 Å². The molecule has 1 aromatic heterocycles. The van der Waals surface area contributed by atoms with E-state index in [1.807, 2.05) is 0 Å². The van der Waals surface area contributed by atoms with Crippen molar-refractivity contribution in [2.75, 3.05) is 0 Å². The van der Waals surface area contributed by atoms with E-state index in [1.165, 1.54) is 81.0 Å². The summed E-state index contributed by atoms with van der Waals surface area (Å²) >= 11 is 0. The van der Waals surface area contributed by atoms with Crippen molar-refractivity contribution in [3.63, 3.8) is 0 Å². The van der Waals surface area contributed by atoms with Gasteiger partial charge in [0.2, 0.25) is 0 Å². The van der Waals surface area contributed by atoms with E-state index in [9.17, 15) is 0 Å². The first-order chi connectivity index (χ1) is 16.7. The van der Waals surface area contributed by atoms with Gasteiger partial charge in [0, 0.05) is 16.3 Å². The molecule has 0 spiro atoms. The molecule has 0 fully saturated rings. The summed E-state index contributed by atoms with van der Waals surface area (Å²) in [7, 11) is 0. The smallest absolute Gasteiger partial charge is 0.143 e. The van der Waals surface area contributed by atoms with E-state index in [2.05, 4.69) is 86.6 Å². The molecule has 1 heterocycles. The fourth-order valence-electron chi connectivity index (χ4n) is 5.55. The molecule has 1 heteroatoms. The zero-order valence-electron chi connectivity index (χ0n) is 20.3. The number of aryl methyl sites for hydroxylation is 2. The van der Waals surface area contributed by atoms with Crippen LogP contribution in [-0.2, 0) is 19.3 Å². The standard InChI is InChI=1S/C33H32O/c1-3-5-9-22-13-16-32-30(17-22)31-19-23(10-6-4-2)18-29(33(31)34-32)26-15-14-25-20-24-11-7-8-12-27(24)28(25)21-26/h7-8,11-19,21H,3-6,9-10,20H2,1-2H3. The summed E-state index contributed by atoms with van der Waals surface area (Å²) in [5.74, 6) is 0. The molecule has 0 atom stereocenters. The average Bonchev–Trinajstić information content (AvgIpc) is 3.43. The fourth-order valence-corrected chi connectivity index (χ4v) is 5.55. The molecule has 1 aliphatic rings. The Hall–Kier alpha value is -3.32. The van der Waals surface area contributed by atoms with Crippen LogP contribution in [0.25, 0.3) is 44.2 Å². The zero-order chi connectivity index (χ0) is 23.1. The molecule has 0 bridgehead atoms. The van der Waals surface area contributed by atoms with Gasteiger partial charge in [0.15, 0.2) is 0 Å². The van der Waals surface area contributed by atoms with Crippen LogP contribution in [0, 0.1) is 0 Å². The summed E-state index contributed by atoms with van der Waals surface area (Å²) in [5.41, 5.74) is 12.9. The zero-order valence-corrected chi connectivity index (χ0v) is 20.3. The van der Waals surface area contributed by atoms with Crippen LogP contribution in [0.1, 0.15) is 61.8 Å². The minimum absolute atomic E-state index is 0.996. The van der Waals surface area contributed by atoms with Crippen molar-refractivity contribution >= 4 is 21.9 Å². The molecule has 0 radical (unpaired) electrons. The Balaban J connectivity index is 1.54. The Kier molecular flexibility index (Phi) is 5.49. The maximum atomic E-state index is 6.55. The first-order valence-corrected chi connectivity index (χ1v) is 12.9. The van der Waals surface area contributed by atoms with E-state index in [0.29, 0.717) is 0 Å². The van der Waals surface area contributed by atoms with Crippen LogP contribution in [0.4, 0.5) is 0 Å². The van der Waals surface area contributed by atoms with Gasteiger partial charge in [0.05, 0.1) is 0 Å². The lowest BCUT2D eigenvalue weighted by Gasteiger charge is -2.10. The van der Waals surface area contributed by atoms with Gasteiger partial charge in [0.1, 0.15) is 11.2 Å². The lowest BCUT2D eigenvalue weighted by Crippen LogP contribution is -1.89. The summed E-state index contributed by atoms with van der Waals surface area (Å²) in [4.78, 5) is 0. The normalized spacial score (nSPS) is 12.4. The van der Waals surface area contributed by atoms with Gasteiger partial charge in [-0.1, -0.05) is 69.2 Å². The third-order valence-electron chi connectivity index (χ3n) is 7.44. The van der Waals surface area contributed by atoms with Crippen LogP contribution in [-0.4, -0.2) is 0 Å². The molecule has 1 nitrogen and oxygen atoms in total. The molecule has 34 heavy (non-hydrogen) atoms. The minimum atomic E-state index is 0.996. The van der Waals surface area contributed by atoms with E-state index in [1.54, 1.807) is 0 Å². The number of furan rings is 1. The summed E-state index contributed by atoms with van der Waals surface area (Å²) in [6.45, 7) is 4.53. The molecule has 1 aliphatic carbocycles. The molecule has 6 rings (SSSR count). The molecule has 0 unspecified atom stereocenters. The second kappa shape index (κ2) is 8.80. The fraction of sp³-hybridized carbons (Fsp3) is 0.273. The molecule has 5 aromatic rings. The third kappa shape index (κ3) is 3.64. The predicted octanol–water partition coefficient (Wildman–Crippen LogP) is 9.51. The Morgan fingerprint density at radius 3 is 2.26 bits per heavy atom. The van der Waals surface area contributed by atoms with E-state index in [-0.39, 0.29) is 0 Å². The Bertz CT molecular complexity index is 1500. The van der Waals surface area contributed by atoms with E-state index in [4.69, 9.17) is 4.42 Å². The third-order valence-corrected chi connectivity index (χ3v) is 7.44. The number of unbranched alkanes of at least 4 members (excludes halogenated alkanes) is 2. The van der Waals surface area contributed by atoms with Crippen molar-refractivity contribution in [3.05, 3.63) is 95.1 Å². The second-order valence-electron chi connectivity index (χ2n) is 9.87. The van der Waals surface area contributed by atoms with E-state index in [0.717, 1.165) is 30.4 Å². The van der Waals surface area contributed by atoms with Crippen molar-refractivity contribution in [2.45, 2.75) is 58.8 Å². The summed E-state index contributed by atoms with van der Waals surface area (Å²) in [6.07, 6.45) is 8.13. The van der Waals surface area contributed by atoms with Gasteiger partial charge in [-0.05, 0) is 101 Å². The van der Waals surface area contributed by atoms with Crippen LogP contribution < -0.4 is 0 Å². The quantitative estimate of drug-likeness (QED) is 0.239. The Labute approximate surface area is 202 Å². The van der Waals surface area contributed by atoms with E-state index >= 15 is 0 Å². The Morgan fingerprint density at radius 2 is 1.41 bits per heavy atom. The van der Waals surface area contributed by atoms with Crippen LogP contribution in [0.15, 0.2) is 77.2 Å². The molecular formula is C33H32O. The largest absolute Gasteiger partial charge is 0.455 e. The van der Waals surface area contributed by atoms with Gasteiger partial charge >= 0.3 is 0 Å². The summed E-state index contributed by atoms with van der Waals surface area (Å²) in [5, 5.41) is 2.52. The van der Waals surface area contributed by atoms with Crippen LogP contribution in [0.2, 0.25) is 0 Å². The van der Waals surface area contributed by atoms with Crippen molar-refractivity contribution < 1.29 is 4.42 Å². The number of benzene rings is 4. The summed E-state index contributed by atoms with van der Waals surface area (Å²) < 4.78 is 6.55. The minimum Gasteiger partial charge on any atom is -0.455 e. The van der Waals surface area contributed by atoms with Gasteiger partial charge in [-0.15, -0.1) is 0 Å². The first kappa shape index (κ1) is 21.2. The van der Waals surface area contributed by atoms with Gasteiger partial charge in [0.25, 0.3) is 0 Å². The molecule has 4 aromatic carbocycles. The predicted molar refractivity (Wildman–Crippen MR) is 145 cm³/mol. The van der Waals surface area contributed by atoms with E-state index < -0.39 is 0 Å². The molecular weight excluding hydrogens is 412 g/mol. The van der Waals surface area contributed by atoms with Crippen LogP contribution >= 0.6 is 0 Å². The van der Waals surface area contributed by atoms with Gasteiger partial charge in [-0.2, -0.15) is 0 Å². The SMILES string of the molecule is CCCCc1ccc2oc3c(-c4ccc5c(c4)-c4ccccc4C5)cc(CCCC)cc3c2c1. The molecule has 170 valence electrons. The van der Waals surface area contributed by atoms with Crippen LogP contribution in [0.5, 0.6) is 0 Å². The lowest BCUT2D eigenvalue weighted by atomic mass is 9.94. The maximum absolute atomic E-state index is 6.55. The van der Waals surface area contributed by atoms with Gasteiger partial charge < -0.3 is 4.42 Å². The van der Waals surface area contributed by atoms with Crippen molar-refractivity contribution in [1.82, 2.24) is 0 Å². The second-order valence-corrected chi connectivity index (χ2v) is 9.87. The lowest BCUT2D eigenvalue weighted by molar-refractivity contribution is 0.669. The summed E-state index contributed by atoms with van der Waals surface area (Å²) in [6, 6.07) is 27.4. The molecule has 0 aliphatic heterocycles. The number of rotatable bonds is 7.